The van der Waals surface area contributed by atoms with E-state index in [9.17, 15) is 37.4 Å². The molecule has 0 aliphatic carbocycles. The fraction of sp³-hybridized carbons (Fsp3) is 0.231. The van der Waals surface area contributed by atoms with E-state index in [2.05, 4.69) is 5.32 Å². The van der Waals surface area contributed by atoms with Gasteiger partial charge in [-0.1, -0.05) is 0 Å². The molecule has 1 fully saturated rings. The van der Waals surface area contributed by atoms with Crippen molar-refractivity contribution in [1.29, 1.82) is 0 Å². The van der Waals surface area contributed by atoms with Crippen molar-refractivity contribution >= 4 is 55.4 Å². The van der Waals surface area contributed by atoms with Crippen molar-refractivity contribution in [2.24, 2.45) is 0 Å². The number of imide groups is 1. The van der Waals surface area contributed by atoms with Gasteiger partial charge in [-0.25, -0.2) is 26.3 Å². The van der Waals surface area contributed by atoms with E-state index in [0.717, 1.165) is 27.3 Å². The SMILES string of the molecule is O=C1NC(=O)c2c1c1c3cc(F)c(F)cc3n3c1c1c2c2cc(F)c(F)cc2n1C1OC(C3)C(F)(F)C(O)C1O. The third kappa shape index (κ3) is 2.54. The van der Waals surface area contributed by atoms with Crippen LogP contribution in [0.2, 0.25) is 0 Å². The van der Waals surface area contributed by atoms with E-state index < -0.39 is 72.1 Å². The Morgan fingerprint density at radius 3 is 1.98 bits per heavy atom. The highest BCUT2D eigenvalue weighted by atomic mass is 19.3. The van der Waals surface area contributed by atoms with Crippen molar-refractivity contribution in [3.8, 4) is 0 Å². The molecule has 40 heavy (non-hydrogen) atoms. The Morgan fingerprint density at radius 1 is 0.825 bits per heavy atom. The molecule has 5 aromatic rings. The molecule has 2 amide bonds. The summed E-state index contributed by atoms with van der Waals surface area (Å²) in [5, 5.41) is 23.0. The first-order valence-corrected chi connectivity index (χ1v) is 12.0. The van der Waals surface area contributed by atoms with Crippen LogP contribution >= 0.6 is 0 Å². The number of halogens is 6. The molecule has 5 heterocycles. The summed E-state index contributed by atoms with van der Waals surface area (Å²) < 4.78 is 96.7. The van der Waals surface area contributed by atoms with Gasteiger partial charge in [-0.3, -0.25) is 14.9 Å². The molecule has 0 radical (unpaired) electrons. The lowest BCUT2D eigenvalue weighted by molar-refractivity contribution is -0.306. The number of aliphatic hydroxyl groups excluding tert-OH is 2. The largest absolute Gasteiger partial charge is 0.385 e. The standard InChI is InChI=1S/C26H13F6N3O5/c27-8-1-6-12(3-10(8)29)34-5-14-26(31,32)22(37)21(36)25(40-14)35-13-4-11(30)9(28)2-7(13)16-18-17(23(38)33-24(18)39)15(6)19(34)20(16)35/h1-4,14,21-22,25,36-37H,5H2,(H,33,38,39). The third-order valence-electron chi connectivity index (χ3n) is 8.15. The fourth-order valence-corrected chi connectivity index (χ4v) is 6.48. The monoisotopic (exact) mass is 561 g/mol. The second-order valence-corrected chi connectivity index (χ2v) is 10.2. The average molecular weight is 561 g/mol. The molecular weight excluding hydrogens is 548 g/mol. The Hall–Kier alpha value is -4.14. The van der Waals surface area contributed by atoms with Crippen molar-refractivity contribution in [3.63, 3.8) is 0 Å². The smallest absolute Gasteiger partial charge is 0.303 e. The predicted molar refractivity (Wildman–Crippen MR) is 125 cm³/mol. The van der Waals surface area contributed by atoms with E-state index >= 15 is 8.78 Å². The average Bonchev–Trinajstić information content (AvgIpc) is 3.46. The minimum absolute atomic E-state index is 0.0618. The summed E-state index contributed by atoms with van der Waals surface area (Å²) in [5.41, 5.74) is -1.09. The van der Waals surface area contributed by atoms with E-state index in [1.165, 1.54) is 0 Å². The van der Waals surface area contributed by atoms with Crippen LogP contribution in [-0.4, -0.2) is 55.4 Å². The molecule has 3 aromatic carbocycles. The van der Waals surface area contributed by atoms with Crippen molar-refractivity contribution in [2.45, 2.75) is 37.0 Å². The van der Waals surface area contributed by atoms with Crippen molar-refractivity contribution in [3.05, 3.63) is 58.7 Å². The number of aliphatic hydroxyl groups is 2. The van der Waals surface area contributed by atoms with Gasteiger partial charge in [0.25, 0.3) is 11.8 Å². The zero-order valence-electron chi connectivity index (χ0n) is 19.6. The van der Waals surface area contributed by atoms with Gasteiger partial charge in [-0.05, 0) is 12.1 Å². The van der Waals surface area contributed by atoms with Crippen LogP contribution in [0.25, 0.3) is 43.6 Å². The van der Waals surface area contributed by atoms with Gasteiger partial charge in [0.1, 0.15) is 12.2 Å². The van der Waals surface area contributed by atoms with E-state index in [1.54, 1.807) is 0 Å². The Bertz CT molecular complexity index is 2070. The molecule has 2 aromatic heterocycles. The number of benzene rings is 3. The molecule has 4 atom stereocenters. The summed E-state index contributed by atoms with van der Waals surface area (Å²) in [5.74, 6) is -11.3. The Balaban J connectivity index is 1.73. The number of fused-ring (bicyclic) bond motifs is 12. The van der Waals surface area contributed by atoms with E-state index in [4.69, 9.17) is 4.74 Å². The van der Waals surface area contributed by atoms with Crippen LogP contribution < -0.4 is 5.32 Å². The number of alkyl halides is 2. The minimum Gasteiger partial charge on any atom is -0.385 e. The zero-order valence-corrected chi connectivity index (χ0v) is 19.6. The minimum atomic E-state index is -4.06. The molecule has 3 aliphatic rings. The summed E-state index contributed by atoms with van der Waals surface area (Å²) >= 11 is 0. The molecule has 14 heteroatoms. The summed E-state index contributed by atoms with van der Waals surface area (Å²) in [4.78, 5) is 26.2. The highest BCUT2D eigenvalue weighted by molar-refractivity contribution is 6.39. The van der Waals surface area contributed by atoms with Gasteiger partial charge in [-0.2, -0.15) is 0 Å². The number of nitrogens with zero attached hydrogens (tertiary/aromatic N) is 2. The van der Waals surface area contributed by atoms with Gasteiger partial charge in [-0.15, -0.1) is 0 Å². The number of aromatic nitrogens is 2. The second kappa shape index (κ2) is 7.13. The summed E-state index contributed by atoms with van der Waals surface area (Å²) in [6.45, 7) is -0.772. The first-order valence-electron chi connectivity index (χ1n) is 12.0. The third-order valence-corrected chi connectivity index (χ3v) is 8.15. The van der Waals surface area contributed by atoms with Gasteiger partial charge in [0.05, 0.1) is 39.7 Å². The predicted octanol–water partition coefficient (Wildman–Crippen LogP) is 3.61. The van der Waals surface area contributed by atoms with Crippen molar-refractivity contribution in [1.82, 2.24) is 14.5 Å². The first-order chi connectivity index (χ1) is 18.9. The molecule has 2 bridgehead atoms. The number of hydrogen-bond acceptors (Lipinski definition) is 5. The molecule has 0 spiro atoms. The van der Waals surface area contributed by atoms with Gasteiger partial charge < -0.3 is 24.1 Å². The maximum atomic E-state index is 15.3. The number of carbonyl (C=O) groups excluding carboxylic acids is 2. The van der Waals surface area contributed by atoms with Crippen LogP contribution in [0.5, 0.6) is 0 Å². The molecule has 3 aliphatic heterocycles. The van der Waals surface area contributed by atoms with Crippen LogP contribution in [0.4, 0.5) is 26.3 Å². The summed E-state index contributed by atoms with van der Waals surface area (Å²) in [6, 6.07) is 2.93. The highest BCUT2D eigenvalue weighted by Gasteiger charge is 2.59. The van der Waals surface area contributed by atoms with Crippen LogP contribution in [-0.2, 0) is 11.3 Å². The van der Waals surface area contributed by atoms with E-state index in [-0.39, 0.29) is 54.7 Å². The molecule has 8 rings (SSSR count). The maximum absolute atomic E-state index is 15.3. The number of ether oxygens (including phenoxy) is 1. The number of nitrogens with one attached hydrogen (secondary N) is 1. The van der Waals surface area contributed by atoms with Gasteiger partial charge in [0.15, 0.2) is 35.6 Å². The summed E-state index contributed by atoms with van der Waals surface area (Å²) in [7, 11) is 0. The lowest BCUT2D eigenvalue weighted by Crippen LogP contribution is -2.61. The van der Waals surface area contributed by atoms with Gasteiger partial charge >= 0.3 is 5.92 Å². The number of hydrogen-bond donors (Lipinski definition) is 3. The van der Waals surface area contributed by atoms with Crippen LogP contribution in [0.1, 0.15) is 26.9 Å². The molecule has 0 saturated carbocycles. The normalized spacial score (nSPS) is 25.3. The molecule has 204 valence electrons. The van der Waals surface area contributed by atoms with Crippen molar-refractivity contribution in [2.75, 3.05) is 0 Å². The molecule has 8 nitrogen and oxygen atoms in total. The molecular formula is C26H13F6N3O5. The fourth-order valence-electron chi connectivity index (χ4n) is 6.48. The van der Waals surface area contributed by atoms with E-state index in [1.807, 2.05) is 0 Å². The van der Waals surface area contributed by atoms with Crippen LogP contribution in [0.3, 0.4) is 0 Å². The Kier molecular flexibility index (Phi) is 4.23. The quantitative estimate of drug-likeness (QED) is 0.198. The van der Waals surface area contributed by atoms with E-state index in [0.29, 0.717) is 6.07 Å². The first kappa shape index (κ1) is 23.7. The lowest BCUT2D eigenvalue weighted by atomic mass is 9.94. The number of amides is 2. The number of rotatable bonds is 0. The van der Waals surface area contributed by atoms with Crippen LogP contribution in [0, 0.1) is 23.3 Å². The second-order valence-electron chi connectivity index (χ2n) is 10.2. The van der Waals surface area contributed by atoms with Crippen LogP contribution in [0.15, 0.2) is 24.3 Å². The topological polar surface area (TPSA) is 106 Å². The lowest BCUT2D eigenvalue weighted by Gasteiger charge is -2.44. The highest BCUT2D eigenvalue weighted by Crippen LogP contribution is 2.51. The number of carbonyl (C=O) groups is 2. The van der Waals surface area contributed by atoms with Crippen molar-refractivity contribution < 1.29 is 50.9 Å². The van der Waals surface area contributed by atoms with Gasteiger partial charge in [0, 0.05) is 33.7 Å². The molecule has 4 unspecified atom stereocenters. The Morgan fingerprint density at radius 2 is 1.35 bits per heavy atom. The zero-order chi connectivity index (χ0) is 28.2. The Labute approximate surface area is 216 Å². The molecule has 1 saturated heterocycles. The maximum Gasteiger partial charge on any atom is 0.303 e. The molecule has 3 N–H and O–H groups in total. The van der Waals surface area contributed by atoms with Gasteiger partial charge in [0.2, 0.25) is 0 Å². The summed E-state index contributed by atoms with van der Waals surface area (Å²) in [6.07, 6.45) is -8.92.